The highest BCUT2D eigenvalue weighted by Gasteiger charge is 2.27. The second kappa shape index (κ2) is 5.97. The van der Waals surface area contributed by atoms with Gasteiger partial charge in [0.25, 0.3) is 5.91 Å². The molecule has 0 unspecified atom stereocenters. The van der Waals surface area contributed by atoms with Gasteiger partial charge >= 0.3 is 0 Å². The number of amides is 2. The van der Waals surface area contributed by atoms with Crippen molar-refractivity contribution in [2.75, 3.05) is 13.2 Å². The molecule has 0 bridgehead atoms. The second-order valence-electron chi connectivity index (χ2n) is 5.10. The van der Waals surface area contributed by atoms with Crippen LogP contribution in [0.3, 0.4) is 0 Å². The summed E-state index contributed by atoms with van der Waals surface area (Å²) in [6, 6.07) is -0.555. The van der Waals surface area contributed by atoms with Crippen molar-refractivity contribution in [1.29, 1.82) is 0 Å². The van der Waals surface area contributed by atoms with Crippen LogP contribution in [0.5, 0.6) is 0 Å². The minimum absolute atomic E-state index is 0.0561. The fourth-order valence-electron chi connectivity index (χ4n) is 1.68. The molecule has 98 valence electrons. The molecule has 0 aromatic heterocycles. The molecule has 6 heteroatoms. The zero-order valence-corrected chi connectivity index (χ0v) is 10.4. The van der Waals surface area contributed by atoms with Crippen LogP contribution in [-0.4, -0.2) is 31.0 Å². The van der Waals surface area contributed by atoms with E-state index in [0.29, 0.717) is 13.0 Å². The lowest BCUT2D eigenvalue weighted by molar-refractivity contribution is -0.128. The first-order valence-electron chi connectivity index (χ1n) is 5.86. The maximum atomic E-state index is 11.6. The minimum atomic E-state index is -0.555. The van der Waals surface area contributed by atoms with Gasteiger partial charge in [-0.1, -0.05) is 13.8 Å². The van der Waals surface area contributed by atoms with Crippen LogP contribution < -0.4 is 16.5 Å². The number of nitrogens with one attached hydrogen (secondary N) is 2. The first-order chi connectivity index (χ1) is 7.94. The molecule has 1 saturated heterocycles. The largest absolute Gasteiger partial charge is 0.342 e. The standard InChI is InChI=1S/C11H21N3O3/c1-11(2,5-6-12)4-3-9(15)13-8-7-17-14-10(8)16/h8H,3-7,12H2,1-2H3,(H,13,15)(H,14,16)/t8-/m1/s1. The van der Waals surface area contributed by atoms with Crippen LogP contribution in [0.2, 0.25) is 0 Å². The second-order valence-corrected chi connectivity index (χ2v) is 5.10. The van der Waals surface area contributed by atoms with Crippen LogP contribution >= 0.6 is 0 Å². The van der Waals surface area contributed by atoms with Crippen molar-refractivity contribution in [2.24, 2.45) is 11.1 Å². The summed E-state index contributed by atoms with van der Waals surface area (Å²) in [4.78, 5) is 27.5. The molecule has 1 aliphatic rings. The molecule has 1 aliphatic heterocycles. The SMILES string of the molecule is CC(C)(CCN)CCC(=O)N[C@@H]1CONC1=O. The summed E-state index contributed by atoms with van der Waals surface area (Å²) < 4.78 is 0. The molecule has 0 spiro atoms. The predicted molar refractivity (Wildman–Crippen MR) is 62.7 cm³/mol. The van der Waals surface area contributed by atoms with E-state index in [2.05, 4.69) is 24.6 Å². The Balaban J connectivity index is 2.27. The van der Waals surface area contributed by atoms with Gasteiger partial charge in [0, 0.05) is 6.42 Å². The van der Waals surface area contributed by atoms with Crippen LogP contribution in [0, 0.1) is 5.41 Å². The van der Waals surface area contributed by atoms with Crippen LogP contribution in [-0.2, 0) is 14.4 Å². The molecule has 17 heavy (non-hydrogen) atoms. The lowest BCUT2D eigenvalue weighted by Crippen LogP contribution is -2.41. The molecule has 0 saturated carbocycles. The Kier molecular flexibility index (Phi) is 4.89. The maximum absolute atomic E-state index is 11.6. The first-order valence-corrected chi connectivity index (χ1v) is 5.86. The normalized spacial score (nSPS) is 20.2. The zero-order chi connectivity index (χ0) is 12.9. The quantitative estimate of drug-likeness (QED) is 0.596. The van der Waals surface area contributed by atoms with Gasteiger partial charge in [0.1, 0.15) is 12.6 Å². The van der Waals surface area contributed by atoms with Crippen molar-refractivity contribution < 1.29 is 14.4 Å². The molecule has 0 radical (unpaired) electrons. The Morgan fingerprint density at radius 1 is 1.59 bits per heavy atom. The fourth-order valence-corrected chi connectivity index (χ4v) is 1.68. The van der Waals surface area contributed by atoms with Gasteiger partial charge in [-0.2, -0.15) is 0 Å². The minimum Gasteiger partial charge on any atom is -0.342 e. The van der Waals surface area contributed by atoms with E-state index < -0.39 is 6.04 Å². The van der Waals surface area contributed by atoms with Crippen molar-refractivity contribution in [3.63, 3.8) is 0 Å². The van der Waals surface area contributed by atoms with Crippen molar-refractivity contribution in [3.05, 3.63) is 0 Å². The third-order valence-corrected chi connectivity index (χ3v) is 2.92. The molecule has 0 aromatic rings. The number of carbonyl (C=O) groups is 2. The molecule has 0 aromatic carbocycles. The molecule has 1 fully saturated rings. The van der Waals surface area contributed by atoms with Gasteiger partial charge in [0.2, 0.25) is 5.91 Å². The Labute approximate surface area is 101 Å². The summed E-state index contributed by atoms with van der Waals surface area (Å²) >= 11 is 0. The average Bonchev–Trinajstić information content (AvgIpc) is 2.62. The Bertz CT molecular complexity index is 292. The first kappa shape index (κ1) is 13.9. The Morgan fingerprint density at radius 3 is 2.82 bits per heavy atom. The van der Waals surface area contributed by atoms with E-state index in [4.69, 9.17) is 10.6 Å². The lowest BCUT2D eigenvalue weighted by Gasteiger charge is -2.23. The molecule has 0 aliphatic carbocycles. The van der Waals surface area contributed by atoms with Gasteiger partial charge in [-0.3, -0.25) is 14.4 Å². The molecular formula is C11H21N3O3. The van der Waals surface area contributed by atoms with Gasteiger partial charge < -0.3 is 11.1 Å². The summed E-state index contributed by atoms with van der Waals surface area (Å²) in [6.45, 7) is 4.97. The summed E-state index contributed by atoms with van der Waals surface area (Å²) in [5.41, 5.74) is 7.75. The Hall–Kier alpha value is -1.14. The van der Waals surface area contributed by atoms with E-state index in [-0.39, 0.29) is 23.8 Å². The molecule has 1 atom stereocenters. The van der Waals surface area contributed by atoms with E-state index >= 15 is 0 Å². The number of nitrogens with two attached hydrogens (primary N) is 1. The number of rotatable bonds is 6. The highest BCUT2D eigenvalue weighted by Crippen LogP contribution is 2.25. The summed E-state index contributed by atoms with van der Waals surface area (Å²) in [5, 5.41) is 2.64. The van der Waals surface area contributed by atoms with Crippen molar-refractivity contribution in [2.45, 2.75) is 39.2 Å². The van der Waals surface area contributed by atoms with Gasteiger partial charge in [0.15, 0.2) is 0 Å². The summed E-state index contributed by atoms with van der Waals surface area (Å²) in [5.74, 6) is -0.416. The Morgan fingerprint density at radius 2 is 2.29 bits per heavy atom. The van der Waals surface area contributed by atoms with Gasteiger partial charge in [0.05, 0.1) is 0 Å². The average molecular weight is 243 g/mol. The van der Waals surface area contributed by atoms with Crippen LogP contribution in [0.15, 0.2) is 0 Å². The van der Waals surface area contributed by atoms with E-state index in [0.717, 1.165) is 12.8 Å². The van der Waals surface area contributed by atoms with E-state index in [9.17, 15) is 9.59 Å². The third kappa shape index (κ3) is 4.70. The molecule has 1 rings (SSSR count). The predicted octanol–water partition coefficient (Wildman–Crippen LogP) is -0.312. The topological polar surface area (TPSA) is 93.5 Å². The maximum Gasteiger partial charge on any atom is 0.268 e. The molecule has 1 heterocycles. The smallest absolute Gasteiger partial charge is 0.268 e. The highest BCUT2D eigenvalue weighted by atomic mass is 16.7. The monoisotopic (exact) mass is 243 g/mol. The van der Waals surface area contributed by atoms with Gasteiger partial charge in [-0.05, 0) is 24.8 Å². The third-order valence-electron chi connectivity index (χ3n) is 2.92. The number of carbonyl (C=O) groups excluding carboxylic acids is 2. The lowest BCUT2D eigenvalue weighted by atomic mass is 9.84. The van der Waals surface area contributed by atoms with Crippen molar-refractivity contribution in [1.82, 2.24) is 10.8 Å². The summed E-state index contributed by atoms with van der Waals surface area (Å²) in [7, 11) is 0. The molecule has 4 N–H and O–H groups in total. The fraction of sp³-hybridized carbons (Fsp3) is 0.818. The van der Waals surface area contributed by atoms with E-state index in [1.165, 1.54) is 0 Å². The highest BCUT2D eigenvalue weighted by molar-refractivity contribution is 5.88. The van der Waals surface area contributed by atoms with Crippen LogP contribution in [0.4, 0.5) is 0 Å². The summed E-state index contributed by atoms with van der Waals surface area (Å²) in [6.07, 6.45) is 2.04. The van der Waals surface area contributed by atoms with Crippen LogP contribution in [0.1, 0.15) is 33.1 Å². The van der Waals surface area contributed by atoms with E-state index in [1.807, 2.05) is 0 Å². The van der Waals surface area contributed by atoms with Crippen molar-refractivity contribution >= 4 is 11.8 Å². The zero-order valence-electron chi connectivity index (χ0n) is 10.4. The number of hydroxylamine groups is 1. The number of hydrogen-bond acceptors (Lipinski definition) is 4. The van der Waals surface area contributed by atoms with E-state index in [1.54, 1.807) is 0 Å². The van der Waals surface area contributed by atoms with Gasteiger partial charge in [-0.25, -0.2) is 5.48 Å². The molecule has 2 amide bonds. The molecule has 6 nitrogen and oxygen atoms in total. The number of hydrogen-bond donors (Lipinski definition) is 3. The van der Waals surface area contributed by atoms with Crippen LogP contribution in [0.25, 0.3) is 0 Å². The molecular weight excluding hydrogens is 222 g/mol. The van der Waals surface area contributed by atoms with Gasteiger partial charge in [-0.15, -0.1) is 0 Å². The van der Waals surface area contributed by atoms with Crippen molar-refractivity contribution in [3.8, 4) is 0 Å².